The molecular weight excluding hydrogens is 244 g/mol. The second-order valence-corrected chi connectivity index (χ2v) is 4.22. The number of rotatable bonds is 3. The smallest absolute Gasteiger partial charge is 0.273 e. The van der Waals surface area contributed by atoms with Crippen LogP contribution >= 0.6 is 0 Å². The summed E-state index contributed by atoms with van der Waals surface area (Å²) in [6.07, 6.45) is 0.766. The van der Waals surface area contributed by atoms with Gasteiger partial charge >= 0.3 is 0 Å². The van der Waals surface area contributed by atoms with E-state index in [0.717, 1.165) is 12.1 Å². The highest BCUT2D eigenvalue weighted by Gasteiger charge is 2.14. The number of aromatic nitrogens is 2. The molecule has 0 saturated heterocycles. The highest BCUT2D eigenvalue weighted by Crippen LogP contribution is 2.23. The first-order valence-corrected chi connectivity index (χ1v) is 5.94. The number of amides is 1. The first-order chi connectivity index (χ1) is 9.01. The summed E-state index contributed by atoms with van der Waals surface area (Å²) in [7, 11) is 1.72. The van der Waals surface area contributed by atoms with E-state index in [4.69, 9.17) is 5.73 Å². The van der Waals surface area contributed by atoms with Crippen LogP contribution in [-0.4, -0.2) is 20.8 Å². The Morgan fingerprint density at radius 1 is 1.47 bits per heavy atom. The van der Waals surface area contributed by atoms with Gasteiger partial charge in [-0.3, -0.25) is 9.48 Å². The Hall–Kier alpha value is -2.50. The van der Waals surface area contributed by atoms with Crippen LogP contribution < -0.4 is 11.1 Å². The third-order valence-electron chi connectivity index (χ3n) is 2.81. The van der Waals surface area contributed by atoms with Gasteiger partial charge in [0.25, 0.3) is 5.91 Å². The van der Waals surface area contributed by atoms with Crippen molar-refractivity contribution in [2.75, 3.05) is 11.1 Å². The molecule has 0 fully saturated rings. The fourth-order valence-corrected chi connectivity index (χ4v) is 1.76. The Kier molecular flexibility index (Phi) is 3.41. The van der Waals surface area contributed by atoms with E-state index < -0.39 is 0 Å². The highest BCUT2D eigenvalue weighted by atomic mass is 16.3. The van der Waals surface area contributed by atoms with Crippen molar-refractivity contribution in [3.8, 4) is 5.75 Å². The minimum atomic E-state index is -0.285. The summed E-state index contributed by atoms with van der Waals surface area (Å²) in [6, 6.07) is 6.15. The average molecular weight is 260 g/mol. The van der Waals surface area contributed by atoms with Crippen molar-refractivity contribution in [2.45, 2.75) is 13.3 Å². The minimum absolute atomic E-state index is 0.0595. The molecule has 1 heterocycles. The van der Waals surface area contributed by atoms with E-state index >= 15 is 0 Å². The maximum Gasteiger partial charge on any atom is 0.273 e. The lowest BCUT2D eigenvalue weighted by atomic mass is 10.2. The van der Waals surface area contributed by atoms with Crippen LogP contribution in [0.25, 0.3) is 0 Å². The van der Waals surface area contributed by atoms with Crippen LogP contribution in [0.1, 0.15) is 23.1 Å². The number of aryl methyl sites for hydroxylation is 2. The van der Waals surface area contributed by atoms with E-state index in [1.165, 1.54) is 16.8 Å². The molecule has 4 N–H and O–H groups in total. The molecule has 0 unspecified atom stereocenters. The van der Waals surface area contributed by atoms with Gasteiger partial charge in [-0.1, -0.05) is 6.92 Å². The van der Waals surface area contributed by atoms with Gasteiger partial charge in [0.1, 0.15) is 11.4 Å². The maximum absolute atomic E-state index is 12.1. The van der Waals surface area contributed by atoms with Crippen molar-refractivity contribution in [1.82, 2.24) is 9.78 Å². The number of phenolic OH excluding ortho intramolecular Hbond substituents is 1. The maximum atomic E-state index is 12.1. The Morgan fingerprint density at radius 2 is 2.21 bits per heavy atom. The molecule has 0 saturated carbocycles. The van der Waals surface area contributed by atoms with Crippen LogP contribution in [0.5, 0.6) is 5.75 Å². The van der Waals surface area contributed by atoms with Gasteiger partial charge in [-0.2, -0.15) is 5.10 Å². The fraction of sp³-hybridized carbons (Fsp3) is 0.231. The number of hydrogen-bond acceptors (Lipinski definition) is 4. The van der Waals surface area contributed by atoms with Crippen molar-refractivity contribution in [2.24, 2.45) is 7.05 Å². The molecule has 6 nitrogen and oxygen atoms in total. The van der Waals surface area contributed by atoms with E-state index in [2.05, 4.69) is 10.4 Å². The van der Waals surface area contributed by atoms with Gasteiger partial charge in [-0.05, 0) is 24.6 Å². The summed E-state index contributed by atoms with van der Waals surface area (Å²) >= 11 is 0. The lowest BCUT2D eigenvalue weighted by molar-refractivity contribution is 0.101. The number of carbonyl (C=O) groups is 1. The standard InChI is InChI=1S/C13H16N4O2/c1-3-8-6-12(17(2)16-8)13(19)15-11-5-4-9(18)7-10(11)14/h4-7,18H,3,14H2,1-2H3,(H,15,19). The van der Waals surface area contributed by atoms with Crippen molar-refractivity contribution in [3.63, 3.8) is 0 Å². The lowest BCUT2D eigenvalue weighted by Crippen LogP contribution is -2.16. The SMILES string of the molecule is CCc1cc(C(=O)Nc2ccc(O)cc2N)n(C)n1. The van der Waals surface area contributed by atoms with Crippen molar-refractivity contribution < 1.29 is 9.90 Å². The van der Waals surface area contributed by atoms with Gasteiger partial charge < -0.3 is 16.2 Å². The fourth-order valence-electron chi connectivity index (χ4n) is 1.76. The summed E-state index contributed by atoms with van der Waals surface area (Å²) in [6.45, 7) is 1.97. The predicted octanol–water partition coefficient (Wildman–Crippen LogP) is 1.52. The van der Waals surface area contributed by atoms with E-state index in [0.29, 0.717) is 17.1 Å². The number of nitrogen functional groups attached to an aromatic ring is 1. The monoisotopic (exact) mass is 260 g/mol. The van der Waals surface area contributed by atoms with E-state index in [1.807, 2.05) is 6.92 Å². The summed E-state index contributed by atoms with van der Waals surface area (Å²) in [5, 5.41) is 16.2. The Labute approximate surface area is 110 Å². The molecule has 0 aliphatic rings. The Balaban J connectivity index is 2.23. The van der Waals surface area contributed by atoms with Crippen LogP contribution in [0, 0.1) is 0 Å². The molecule has 0 bridgehead atoms. The second-order valence-electron chi connectivity index (χ2n) is 4.22. The zero-order chi connectivity index (χ0) is 14.0. The van der Waals surface area contributed by atoms with Crippen LogP contribution in [-0.2, 0) is 13.5 Å². The molecule has 19 heavy (non-hydrogen) atoms. The summed E-state index contributed by atoms with van der Waals surface area (Å²) in [5.41, 5.74) is 7.81. The number of nitrogens with one attached hydrogen (secondary N) is 1. The summed E-state index contributed by atoms with van der Waals surface area (Å²) < 4.78 is 1.53. The zero-order valence-electron chi connectivity index (χ0n) is 10.8. The van der Waals surface area contributed by atoms with E-state index in [1.54, 1.807) is 19.2 Å². The average Bonchev–Trinajstić information content (AvgIpc) is 2.74. The summed E-state index contributed by atoms with van der Waals surface area (Å²) in [5.74, 6) is -0.226. The molecule has 0 aliphatic carbocycles. The number of anilines is 2. The van der Waals surface area contributed by atoms with Gasteiger partial charge in [0, 0.05) is 13.1 Å². The largest absolute Gasteiger partial charge is 0.508 e. The van der Waals surface area contributed by atoms with Crippen molar-refractivity contribution in [3.05, 3.63) is 35.7 Å². The van der Waals surface area contributed by atoms with E-state index in [9.17, 15) is 9.90 Å². The summed E-state index contributed by atoms with van der Waals surface area (Å²) in [4.78, 5) is 12.1. The van der Waals surface area contributed by atoms with Crippen molar-refractivity contribution in [1.29, 1.82) is 0 Å². The van der Waals surface area contributed by atoms with Gasteiger partial charge in [-0.15, -0.1) is 0 Å². The van der Waals surface area contributed by atoms with Crippen LogP contribution in [0.2, 0.25) is 0 Å². The lowest BCUT2D eigenvalue weighted by Gasteiger charge is -2.08. The van der Waals surface area contributed by atoms with E-state index in [-0.39, 0.29) is 11.7 Å². The van der Waals surface area contributed by atoms with Crippen molar-refractivity contribution >= 4 is 17.3 Å². The molecule has 6 heteroatoms. The third kappa shape index (κ3) is 2.67. The molecule has 0 aliphatic heterocycles. The van der Waals surface area contributed by atoms with Crippen LogP contribution in [0.4, 0.5) is 11.4 Å². The Bertz CT molecular complexity index is 619. The zero-order valence-corrected chi connectivity index (χ0v) is 10.8. The molecule has 100 valence electrons. The minimum Gasteiger partial charge on any atom is -0.508 e. The predicted molar refractivity (Wildman–Crippen MR) is 73.1 cm³/mol. The molecule has 0 spiro atoms. The highest BCUT2D eigenvalue weighted by molar-refractivity contribution is 6.04. The molecule has 2 aromatic rings. The number of phenols is 1. The van der Waals surface area contributed by atoms with Crippen LogP contribution in [0.3, 0.4) is 0 Å². The molecule has 1 aromatic carbocycles. The normalized spacial score (nSPS) is 10.4. The molecular formula is C13H16N4O2. The number of carbonyl (C=O) groups excluding carboxylic acids is 1. The first kappa shape index (κ1) is 12.9. The van der Waals surface area contributed by atoms with Gasteiger partial charge in [0.2, 0.25) is 0 Å². The van der Waals surface area contributed by atoms with Gasteiger partial charge in [0.15, 0.2) is 0 Å². The van der Waals surface area contributed by atoms with Crippen LogP contribution in [0.15, 0.2) is 24.3 Å². The van der Waals surface area contributed by atoms with Gasteiger partial charge in [-0.25, -0.2) is 0 Å². The number of hydrogen-bond donors (Lipinski definition) is 3. The van der Waals surface area contributed by atoms with Gasteiger partial charge in [0.05, 0.1) is 17.1 Å². The number of nitrogens with two attached hydrogens (primary N) is 1. The topological polar surface area (TPSA) is 93.2 Å². The number of benzene rings is 1. The molecule has 1 aromatic heterocycles. The molecule has 0 radical (unpaired) electrons. The Morgan fingerprint density at radius 3 is 2.79 bits per heavy atom. The quantitative estimate of drug-likeness (QED) is 0.576. The third-order valence-corrected chi connectivity index (χ3v) is 2.81. The molecule has 2 rings (SSSR count). The first-order valence-electron chi connectivity index (χ1n) is 5.94. The number of aromatic hydroxyl groups is 1. The molecule has 0 atom stereocenters. The molecule has 1 amide bonds. The number of nitrogens with zero attached hydrogens (tertiary/aromatic N) is 2. The second kappa shape index (κ2) is 5.01.